The van der Waals surface area contributed by atoms with Crippen LogP contribution in [0.1, 0.15) is 23.5 Å². The number of rotatable bonds is 5. The van der Waals surface area contributed by atoms with Crippen molar-refractivity contribution in [2.75, 3.05) is 26.0 Å². The maximum absolute atomic E-state index is 13.3. The SMILES string of the molecule is CCN(C(=O)c1sc2ccc(F)cc2c1N)C(C)COC. The zero-order valence-electron chi connectivity index (χ0n) is 12.4. The number of thiophene rings is 1. The van der Waals surface area contributed by atoms with E-state index in [-0.39, 0.29) is 17.8 Å². The van der Waals surface area contributed by atoms with Crippen LogP contribution in [0.25, 0.3) is 10.1 Å². The van der Waals surface area contributed by atoms with Crippen LogP contribution in [0.4, 0.5) is 10.1 Å². The Morgan fingerprint density at radius 1 is 1.52 bits per heavy atom. The number of hydrogen-bond donors (Lipinski definition) is 1. The van der Waals surface area contributed by atoms with Crippen molar-refractivity contribution < 1.29 is 13.9 Å². The summed E-state index contributed by atoms with van der Waals surface area (Å²) >= 11 is 1.30. The Bertz CT molecular complexity index is 656. The smallest absolute Gasteiger partial charge is 0.266 e. The van der Waals surface area contributed by atoms with Crippen LogP contribution in [0.3, 0.4) is 0 Å². The van der Waals surface area contributed by atoms with Gasteiger partial charge in [-0.2, -0.15) is 0 Å². The minimum atomic E-state index is -0.355. The maximum Gasteiger partial charge on any atom is 0.266 e. The van der Waals surface area contributed by atoms with E-state index in [1.807, 2.05) is 13.8 Å². The van der Waals surface area contributed by atoms with E-state index in [0.29, 0.717) is 29.1 Å². The molecule has 2 rings (SSSR count). The lowest BCUT2D eigenvalue weighted by Gasteiger charge is -2.27. The fourth-order valence-corrected chi connectivity index (χ4v) is 3.42. The molecule has 4 nitrogen and oxygen atoms in total. The predicted octanol–water partition coefficient (Wildman–Crippen LogP) is 3.12. The minimum absolute atomic E-state index is 0.0474. The van der Waals surface area contributed by atoms with Gasteiger partial charge in [-0.1, -0.05) is 0 Å². The van der Waals surface area contributed by atoms with Crippen molar-refractivity contribution in [3.8, 4) is 0 Å². The Morgan fingerprint density at radius 3 is 2.86 bits per heavy atom. The molecule has 0 spiro atoms. The zero-order chi connectivity index (χ0) is 15.6. The molecule has 0 aliphatic carbocycles. The number of amides is 1. The number of nitrogens with two attached hydrogens (primary N) is 1. The van der Waals surface area contributed by atoms with E-state index in [1.54, 1.807) is 18.1 Å². The summed E-state index contributed by atoms with van der Waals surface area (Å²) in [7, 11) is 1.60. The highest BCUT2D eigenvalue weighted by atomic mass is 32.1. The second kappa shape index (κ2) is 6.41. The van der Waals surface area contributed by atoms with Crippen LogP contribution < -0.4 is 5.73 Å². The largest absolute Gasteiger partial charge is 0.397 e. The predicted molar refractivity (Wildman–Crippen MR) is 84.2 cm³/mol. The van der Waals surface area contributed by atoms with Gasteiger partial charge < -0.3 is 15.4 Å². The highest BCUT2D eigenvalue weighted by molar-refractivity contribution is 7.21. The van der Waals surface area contributed by atoms with E-state index in [0.717, 1.165) is 4.70 Å². The molecule has 1 atom stereocenters. The Balaban J connectivity index is 2.40. The summed E-state index contributed by atoms with van der Waals surface area (Å²) in [5.41, 5.74) is 6.39. The first kappa shape index (κ1) is 15.7. The van der Waals surface area contributed by atoms with Crippen LogP contribution in [-0.2, 0) is 4.74 Å². The molecule has 21 heavy (non-hydrogen) atoms. The Morgan fingerprint density at radius 2 is 2.24 bits per heavy atom. The molecule has 0 fully saturated rings. The number of hydrogen-bond acceptors (Lipinski definition) is 4. The summed E-state index contributed by atoms with van der Waals surface area (Å²) in [5, 5.41) is 0.596. The van der Waals surface area contributed by atoms with Gasteiger partial charge in [0, 0.05) is 23.7 Å². The van der Waals surface area contributed by atoms with Gasteiger partial charge in [0.25, 0.3) is 5.91 Å². The van der Waals surface area contributed by atoms with Gasteiger partial charge in [0.2, 0.25) is 0 Å². The second-order valence-corrected chi connectivity index (χ2v) is 5.93. The van der Waals surface area contributed by atoms with Gasteiger partial charge in [0.05, 0.1) is 18.3 Å². The van der Waals surface area contributed by atoms with Crippen LogP contribution >= 0.6 is 11.3 Å². The lowest BCUT2D eigenvalue weighted by molar-refractivity contribution is 0.0585. The van der Waals surface area contributed by atoms with Crippen LogP contribution in [0.5, 0.6) is 0 Å². The number of halogens is 1. The number of methoxy groups -OCH3 is 1. The molecule has 0 bridgehead atoms. The monoisotopic (exact) mass is 310 g/mol. The van der Waals surface area contributed by atoms with E-state index in [9.17, 15) is 9.18 Å². The molecule has 0 radical (unpaired) electrons. The summed E-state index contributed by atoms with van der Waals surface area (Å²) in [5.74, 6) is -0.493. The average molecular weight is 310 g/mol. The molecule has 2 aromatic rings. The van der Waals surface area contributed by atoms with Crippen LogP contribution in [0.2, 0.25) is 0 Å². The van der Waals surface area contributed by atoms with Crippen molar-refractivity contribution in [3.05, 3.63) is 28.9 Å². The highest BCUT2D eigenvalue weighted by Crippen LogP contribution is 2.35. The van der Waals surface area contributed by atoms with Crippen molar-refractivity contribution >= 4 is 33.0 Å². The van der Waals surface area contributed by atoms with E-state index in [1.165, 1.54) is 23.5 Å². The van der Waals surface area contributed by atoms with E-state index in [4.69, 9.17) is 10.5 Å². The van der Waals surface area contributed by atoms with Gasteiger partial charge in [-0.05, 0) is 32.0 Å². The van der Waals surface area contributed by atoms with Gasteiger partial charge in [0.1, 0.15) is 10.7 Å². The number of nitrogen functional groups attached to an aromatic ring is 1. The van der Waals surface area contributed by atoms with Gasteiger partial charge in [-0.15, -0.1) is 11.3 Å². The summed E-state index contributed by atoms with van der Waals surface area (Å²) in [4.78, 5) is 14.8. The van der Waals surface area contributed by atoms with Crippen LogP contribution in [0, 0.1) is 5.82 Å². The molecular formula is C15H19FN2O2S. The molecule has 1 aromatic carbocycles. The number of fused-ring (bicyclic) bond motifs is 1. The molecule has 1 aromatic heterocycles. The number of anilines is 1. The number of likely N-dealkylation sites (N-methyl/N-ethyl adjacent to an activating group) is 1. The van der Waals surface area contributed by atoms with Crippen molar-refractivity contribution in [2.24, 2.45) is 0 Å². The summed E-state index contributed by atoms with van der Waals surface area (Å²) in [6, 6.07) is 4.34. The summed E-state index contributed by atoms with van der Waals surface area (Å²) in [6.45, 7) is 4.85. The number of ether oxygens (including phenoxy) is 1. The number of benzene rings is 1. The molecule has 2 N–H and O–H groups in total. The molecule has 6 heteroatoms. The number of nitrogens with zero attached hydrogens (tertiary/aromatic N) is 1. The molecule has 1 unspecified atom stereocenters. The third-order valence-electron chi connectivity index (χ3n) is 3.42. The molecule has 0 saturated heterocycles. The normalized spacial score (nSPS) is 12.6. The highest BCUT2D eigenvalue weighted by Gasteiger charge is 2.24. The Kier molecular flexibility index (Phi) is 4.80. The van der Waals surface area contributed by atoms with Gasteiger partial charge in [-0.25, -0.2) is 4.39 Å². The Hall–Kier alpha value is -1.66. The van der Waals surface area contributed by atoms with Crippen LogP contribution in [0.15, 0.2) is 18.2 Å². The number of carbonyl (C=O) groups excluding carboxylic acids is 1. The standard InChI is InChI=1S/C15H19FN2O2S/c1-4-18(9(2)8-20-3)15(19)14-13(17)11-7-10(16)5-6-12(11)21-14/h5-7,9H,4,8,17H2,1-3H3. The lowest BCUT2D eigenvalue weighted by atomic mass is 10.2. The first-order valence-corrected chi connectivity index (χ1v) is 7.58. The topological polar surface area (TPSA) is 55.6 Å². The molecule has 0 aliphatic rings. The third-order valence-corrected chi connectivity index (χ3v) is 4.60. The first-order chi connectivity index (χ1) is 9.99. The lowest BCUT2D eigenvalue weighted by Crippen LogP contribution is -2.40. The second-order valence-electron chi connectivity index (χ2n) is 4.88. The molecule has 1 heterocycles. The average Bonchev–Trinajstić information content (AvgIpc) is 2.77. The van der Waals surface area contributed by atoms with Gasteiger partial charge in [0.15, 0.2) is 0 Å². The molecule has 114 valence electrons. The summed E-state index contributed by atoms with van der Waals surface area (Å²) in [6.07, 6.45) is 0. The number of carbonyl (C=O) groups is 1. The van der Waals surface area contributed by atoms with E-state index in [2.05, 4.69) is 0 Å². The van der Waals surface area contributed by atoms with Crippen LogP contribution in [-0.4, -0.2) is 37.1 Å². The van der Waals surface area contributed by atoms with Crippen molar-refractivity contribution in [1.82, 2.24) is 4.90 Å². The molecule has 0 saturated carbocycles. The maximum atomic E-state index is 13.3. The molecular weight excluding hydrogens is 291 g/mol. The van der Waals surface area contributed by atoms with Gasteiger partial charge in [-0.3, -0.25) is 4.79 Å². The third kappa shape index (κ3) is 3.01. The molecule has 1 amide bonds. The Labute approximate surface area is 127 Å². The summed E-state index contributed by atoms with van der Waals surface area (Å²) < 4.78 is 19.2. The van der Waals surface area contributed by atoms with E-state index >= 15 is 0 Å². The molecule has 0 aliphatic heterocycles. The van der Waals surface area contributed by atoms with Crippen molar-refractivity contribution in [3.63, 3.8) is 0 Å². The fraction of sp³-hybridized carbons (Fsp3) is 0.400. The van der Waals surface area contributed by atoms with E-state index < -0.39 is 0 Å². The minimum Gasteiger partial charge on any atom is -0.397 e. The zero-order valence-corrected chi connectivity index (χ0v) is 13.2. The van der Waals surface area contributed by atoms with Crippen molar-refractivity contribution in [1.29, 1.82) is 0 Å². The fourth-order valence-electron chi connectivity index (χ4n) is 2.36. The quantitative estimate of drug-likeness (QED) is 0.923. The first-order valence-electron chi connectivity index (χ1n) is 6.77. The van der Waals surface area contributed by atoms with Crippen molar-refractivity contribution in [2.45, 2.75) is 19.9 Å². The van der Waals surface area contributed by atoms with Gasteiger partial charge >= 0.3 is 0 Å².